The topological polar surface area (TPSA) is 83.5 Å². The fourth-order valence-electron chi connectivity index (χ4n) is 2.21. The summed E-state index contributed by atoms with van der Waals surface area (Å²) in [5, 5.41) is 8.61. The number of carboxylic acids is 1. The van der Waals surface area contributed by atoms with Crippen LogP contribution >= 0.6 is 0 Å². The Balaban J connectivity index is 2.39. The van der Waals surface area contributed by atoms with E-state index in [1.807, 2.05) is 0 Å². The first-order valence-corrected chi connectivity index (χ1v) is 8.70. The first kappa shape index (κ1) is 19.5. The molecule has 0 aliphatic carbocycles. The van der Waals surface area contributed by atoms with Gasteiger partial charge in [-0.25, -0.2) is 13.2 Å². The Morgan fingerprint density at radius 3 is 2.42 bits per heavy atom. The summed E-state index contributed by atoms with van der Waals surface area (Å²) < 4.78 is 65.9. The van der Waals surface area contributed by atoms with Gasteiger partial charge in [-0.2, -0.15) is 13.2 Å². The van der Waals surface area contributed by atoms with Crippen molar-refractivity contribution in [1.29, 1.82) is 0 Å². The number of sulfonamides is 1. The molecule has 9 heteroatoms. The van der Waals surface area contributed by atoms with Crippen LogP contribution < -0.4 is 4.72 Å². The van der Waals surface area contributed by atoms with Gasteiger partial charge < -0.3 is 5.11 Å². The van der Waals surface area contributed by atoms with Crippen molar-refractivity contribution in [2.75, 3.05) is 4.72 Å². The van der Waals surface area contributed by atoms with E-state index >= 15 is 0 Å². The number of nitrogens with one attached hydrogen (secondary N) is 1. The molecule has 0 saturated carbocycles. The van der Waals surface area contributed by atoms with Crippen molar-refractivity contribution in [2.24, 2.45) is 0 Å². The quantitative estimate of drug-likeness (QED) is 0.765. The summed E-state index contributed by atoms with van der Waals surface area (Å²) in [5.41, 5.74) is -1.05. The number of carbonyl (C=O) groups is 1. The van der Waals surface area contributed by atoms with Crippen molar-refractivity contribution in [3.05, 3.63) is 65.2 Å². The summed E-state index contributed by atoms with van der Waals surface area (Å²) in [6.07, 6.45) is -2.56. The summed E-state index contributed by atoms with van der Waals surface area (Å²) in [6.45, 7) is 1.17. The number of benzene rings is 2. The van der Waals surface area contributed by atoms with Gasteiger partial charge in [-0.3, -0.25) is 4.72 Å². The number of aliphatic carboxylic acids is 1. The average Bonchev–Trinajstić information content (AvgIpc) is 2.54. The van der Waals surface area contributed by atoms with Gasteiger partial charge in [0.1, 0.15) is 0 Å². The third-order valence-electron chi connectivity index (χ3n) is 3.47. The first-order chi connectivity index (χ1) is 12.0. The molecule has 0 fully saturated rings. The maximum absolute atomic E-state index is 13.0. The molecule has 138 valence electrons. The largest absolute Gasteiger partial charge is 0.478 e. The molecule has 2 aromatic rings. The zero-order valence-electron chi connectivity index (χ0n) is 13.4. The summed E-state index contributed by atoms with van der Waals surface area (Å²) in [5.74, 6) is -1.20. The van der Waals surface area contributed by atoms with Crippen LogP contribution in [-0.2, 0) is 21.0 Å². The van der Waals surface area contributed by atoms with Gasteiger partial charge in [-0.1, -0.05) is 18.2 Å². The van der Waals surface area contributed by atoms with E-state index in [9.17, 15) is 26.4 Å². The molecule has 0 aliphatic rings. The van der Waals surface area contributed by atoms with Crippen molar-refractivity contribution < 1.29 is 31.5 Å². The van der Waals surface area contributed by atoms with Crippen LogP contribution in [0.1, 0.15) is 16.7 Å². The highest BCUT2D eigenvalue weighted by atomic mass is 32.2. The predicted octanol–water partition coefficient (Wildman–Crippen LogP) is 3.91. The first-order valence-electron chi connectivity index (χ1n) is 7.21. The van der Waals surface area contributed by atoms with E-state index < -0.39 is 27.7 Å². The lowest BCUT2D eigenvalue weighted by Crippen LogP contribution is -2.16. The Kier molecular flexibility index (Phi) is 5.41. The molecule has 0 aromatic heterocycles. The third kappa shape index (κ3) is 4.63. The summed E-state index contributed by atoms with van der Waals surface area (Å²) in [7, 11) is -4.16. The fraction of sp³-hybridized carbons (Fsp3) is 0.118. The van der Waals surface area contributed by atoms with Crippen LogP contribution in [0, 0.1) is 6.92 Å². The SMILES string of the molecule is Cc1c(NS(=O)(=O)c2cccc(/C=C/C(=O)O)c2)cccc1C(F)(F)F. The molecule has 0 amide bonds. The van der Waals surface area contributed by atoms with Gasteiger partial charge in [0.25, 0.3) is 10.0 Å². The van der Waals surface area contributed by atoms with Gasteiger partial charge in [-0.05, 0) is 48.4 Å². The van der Waals surface area contributed by atoms with Crippen molar-refractivity contribution in [3.63, 3.8) is 0 Å². The highest BCUT2D eigenvalue weighted by Crippen LogP contribution is 2.35. The van der Waals surface area contributed by atoms with Crippen LogP contribution in [0.25, 0.3) is 6.08 Å². The minimum atomic E-state index is -4.60. The van der Waals surface area contributed by atoms with E-state index in [2.05, 4.69) is 4.72 Å². The summed E-state index contributed by atoms with van der Waals surface area (Å²) in [6, 6.07) is 8.57. The molecule has 0 aliphatic heterocycles. The van der Waals surface area contributed by atoms with E-state index in [4.69, 9.17) is 5.11 Å². The molecule has 0 atom stereocenters. The van der Waals surface area contributed by atoms with Crippen molar-refractivity contribution in [3.8, 4) is 0 Å². The molecule has 0 spiro atoms. The van der Waals surface area contributed by atoms with E-state index in [0.717, 1.165) is 18.2 Å². The van der Waals surface area contributed by atoms with Crippen molar-refractivity contribution >= 4 is 27.8 Å². The molecule has 0 heterocycles. The number of hydrogen-bond donors (Lipinski definition) is 2. The van der Waals surface area contributed by atoms with Crippen molar-refractivity contribution in [1.82, 2.24) is 0 Å². The number of hydrogen-bond acceptors (Lipinski definition) is 3. The smallest absolute Gasteiger partial charge is 0.416 e. The lowest BCUT2D eigenvalue weighted by atomic mass is 10.1. The highest BCUT2D eigenvalue weighted by Gasteiger charge is 2.33. The second kappa shape index (κ2) is 7.20. The van der Waals surface area contributed by atoms with Gasteiger partial charge >= 0.3 is 12.1 Å². The molecule has 0 unspecified atom stereocenters. The zero-order valence-corrected chi connectivity index (χ0v) is 14.2. The van der Waals surface area contributed by atoms with Crippen molar-refractivity contribution in [2.45, 2.75) is 18.0 Å². The fourth-order valence-corrected chi connectivity index (χ4v) is 3.39. The Morgan fingerprint density at radius 2 is 1.81 bits per heavy atom. The molecular formula is C17H14F3NO4S. The molecular weight excluding hydrogens is 371 g/mol. The van der Waals surface area contributed by atoms with E-state index in [-0.39, 0.29) is 16.1 Å². The molecule has 2 N–H and O–H groups in total. The minimum Gasteiger partial charge on any atom is -0.478 e. The maximum atomic E-state index is 13.0. The lowest BCUT2D eigenvalue weighted by molar-refractivity contribution is -0.138. The van der Waals surface area contributed by atoms with Crippen LogP contribution in [0.5, 0.6) is 0 Å². The molecule has 0 saturated heterocycles. The maximum Gasteiger partial charge on any atom is 0.416 e. The number of carboxylic acid groups (broad SMARTS) is 1. The number of rotatable bonds is 5. The average molecular weight is 385 g/mol. The molecule has 2 rings (SSSR count). The van der Waals surface area contributed by atoms with Gasteiger partial charge in [0.2, 0.25) is 0 Å². The Bertz CT molecular complexity index is 966. The van der Waals surface area contributed by atoms with Crippen LogP contribution in [0.3, 0.4) is 0 Å². The van der Waals surface area contributed by atoms with Gasteiger partial charge in [-0.15, -0.1) is 0 Å². The molecule has 0 radical (unpaired) electrons. The van der Waals surface area contributed by atoms with Crippen LogP contribution in [0.2, 0.25) is 0 Å². The summed E-state index contributed by atoms with van der Waals surface area (Å²) >= 11 is 0. The van der Waals surface area contributed by atoms with Gasteiger partial charge in [0, 0.05) is 6.08 Å². The van der Waals surface area contributed by atoms with Gasteiger partial charge in [0.15, 0.2) is 0 Å². The number of alkyl halides is 3. The molecule has 2 aromatic carbocycles. The Morgan fingerprint density at radius 1 is 1.15 bits per heavy atom. The lowest BCUT2D eigenvalue weighted by Gasteiger charge is -2.15. The second-order valence-electron chi connectivity index (χ2n) is 5.33. The zero-order chi connectivity index (χ0) is 19.5. The number of halogens is 3. The Hall–Kier alpha value is -2.81. The monoisotopic (exact) mass is 385 g/mol. The Labute approximate surface area is 147 Å². The standard InChI is InChI=1S/C17H14F3NO4S/c1-11-14(17(18,19)20)6-3-7-15(11)21-26(24,25)13-5-2-4-12(10-13)8-9-16(22)23/h2-10,21H,1H3,(H,22,23)/b9-8+. The molecule has 5 nitrogen and oxygen atoms in total. The highest BCUT2D eigenvalue weighted by molar-refractivity contribution is 7.92. The van der Waals surface area contributed by atoms with Crippen LogP contribution in [-0.4, -0.2) is 19.5 Å². The van der Waals surface area contributed by atoms with E-state index in [0.29, 0.717) is 5.56 Å². The molecule has 0 bridgehead atoms. The second-order valence-corrected chi connectivity index (χ2v) is 7.01. The summed E-state index contributed by atoms with van der Waals surface area (Å²) in [4.78, 5) is 10.3. The van der Waals surface area contributed by atoms with E-state index in [1.54, 1.807) is 0 Å². The third-order valence-corrected chi connectivity index (χ3v) is 4.83. The van der Waals surface area contributed by atoms with Gasteiger partial charge in [0.05, 0.1) is 16.1 Å². The predicted molar refractivity (Wildman–Crippen MR) is 90.1 cm³/mol. The number of anilines is 1. The minimum absolute atomic E-state index is 0.189. The van der Waals surface area contributed by atoms with Crippen LogP contribution in [0.15, 0.2) is 53.4 Å². The normalized spacial score (nSPS) is 12.3. The van der Waals surface area contributed by atoms with Crippen LogP contribution in [0.4, 0.5) is 18.9 Å². The van der Waals surface area contributed by atoms with E-state index in [1.165, 1.54) is 43.3 Å². The molecule has 26 heavy (non-hydrogen) atoms.